The normalized spacial score (nSPS) is 8.82. The van der Waals surface area contributed by atoms with Gasteiger partial charge in [-0.05, 0) is 6.42 Å². The first kappa shape index (κ1) is 9.81. The zero-order chi connectivity index (χ0) is 8.69. The van der Waals surface area contributed by atoms with Crippen LogP contribution in [-0.2, 0) is 19.1 Å². The van der Waals surface area contributed by atoms with Crippen molar-refractivity contribution in [3.8, 4) is 0 Å². The third-order valence-electron chi connectivity index (χ3n) is 1.14. The van der Waals surface area contributed by atoms with Crippen LogP contribution < -0.4 is 0 Å². The molecule has 0 aromatic heterocycles. The van der Waals surface area contributed by atoms with Crippen LogP contribution in [0.4, 0.5) is 0 Å². The monoisotopic (exact) mass is 158 g/mol. The first-order valence-electron chi connectivity index (χ1n) is 3.39. The summed E-state index contributed by atoms with van der Waals surface area (Å²) < 4.78 is 3.83. The van der Waals surface area contributed by atoms with Crippen LogP contribution in [0, 0.1) is 0 Å². The van der Waals surface area contributed by atoms with Crippen molar-refractivity contribution < 1.29 is 19.1 Å². The van der Waals surface area contributed by atoms with E-state index in [1.165, 1.54) is 0 Å². The highest BCUT2D eigenvalue weighted by molar-refractivity contribution is 6.34. The summed E-state index contributed by atoms with van der Waals surface area (Å²) in [5, 5.41) is 0. The topological polar surface area (TPSA) is 60.4 Å². The van der Waals surface area contributed by atoms with Gasteiger partial charge in [-0.1, -0.05) is 13.3 Å². The van der Waals surface area contributed by atoms with Gasteiger partial charge >= 0.3 is 12.4 Å². The Morgan fingerprint density at radius 3 is 2.55 bits per heavy atom. The Morgan fingerprint density at radius 2 is 2.09 bits per heavy atom. The molecule has 11 heavy (non-hydrogen) atoms. The summed E-state index contributed by atoms with van der Waals surface area (Å²) in [6.07, 6.45) is 1.63. The Hall–Kier alpha value is -1.19. The second-order valence-electron chi connectivity index (χ2n) is 2.03. The van der Waals surface area contributed by atoms with Crippen LogP contribution in [0.25, 0.3) is 0 Å². The van der Waals surface area contributed by atoms with Crippen LogP contribution >= 0.6 is 0 Å². The van der Waals surface area contributed by atoms with E-state index in [0.717, 1.165) is 6.42 Å². The number of hydrogen-bond donors (Lipinski definition) is 0. The lowest BCUT2D eigenvalue weighted by Gasteiger charge is -1.94. The first-order valence-corrected chi connectivity index (χ1v) is 3.39. The summed E-state index contributed by atoms with van der Waals surface area (Å²) in [5.74, 6) is -1.70. The zero-order valence-corrected chi connectivity index (χ0v) is 6.33. The number of carbonyl (C=O) groups excluding carboxylic acids is 3. The fraction of sp³-hybridized carbons (Fsp3) is 0.571. The van der Waals surface area contributed by atoms with Gasteiger partial charge in [0.1, 0.15) is 0 Å². The van der Waals surface area contributed by atoms with Gasteiger partial charge < -0.3 is 4.74 Å². The lowest BCUT2D eigenvalue weighted by Crippen LogP contribution is -2.16. The van der Waals surface area contributed by atoms with E-state index in [9.17, 15) is 14.4 Å². The molecule has 0 spiro atoms. The van der Waals surface area contributed by atoms with E-state index in [2.05, 4.69) is 4.74 Å². The van der Waals surface area contributed by atoms with Crippen LogP contribution in [0.15, 0.2) is 0 Å². The van der Waals surface area contributed by atoms with Gasteiger partial charge in [-0.15, -0.1) is 0 Å². The molecular formula is C7H10O4. The molecule has 4 heteroatoms. The second kappa shape index (κ2) is 5.58. The molecule has 0 saturated heterocycles. The van der Waals surface area contributed by atoms with Crippen LogP contribution in [0.2, 0.25) is 0 Å². The molecule has 0 atom stereocenters. The molecule has 0 rings (SSSR count). The van der Waals surface area contributed by atoms with E-state index in [1.54, 1.807) is 0 Å². The molecule has 0 amide bonds. The van der Waals surface area contributed by atoms with Gasteiger partial charge in [0.15, 0.2) is 0 Å². The summed E-state index contributed by atoms with van der Waals surface area (Å²) in [6.45, 7) is 1.87. The molecule has 4 nitrogen and oxygen atoms in total. The summed E-state index contributed by atoms with van der Waals surface area (Å²) in [7, 11) is 0. The van der Waals surface area contributed by atoms with E-state index >= 15 is 0 Å². The summed E-state index contributed by atoms with van der Waals surface area (Å²) in [5.41, 5.74) is 0. The Morgan fingerprint density at radius 1 is 1.45 bits per heavy atom. The van der Waals surface area contributed by atoms with Crippen LogP contribution in [0.5, 0.6) is 0 Å². The first-order chi connectivity index (χ1) is 5.22. The fourth-order valence-electron chi connectivity index (χ4n) is 0.549. The Balaban J connectivity index is 3.64. The summed E-state index contributed by atoms with van der Waals surface area (Å²) >= 11 is 0. The van der Waals surface area contributed by atoms with Gasteiger partial charge in [0, 0.05) is 6.42 Å². The van der Waals surface area contributed by atoms with Gasteiger partial charge in [0.25, 0.3) is 0 Å². The van der Waals surface area contributed by atoms with Gasteiger partial charge in [0.05, 0.1) is 0 Å². The number of unbranched alkanes of at least 4 members (excludes halogenated alkanes) is 1. The number of carbonyl (C=O) groups is 3. The molecular weight excluding hydrogens is 148 g/mol. The molecule has 62 valence electrons. The Kier molecular flexibility index (Phi) is 4.98. The third-order valence-corrected chi connectivity index (χ3v) is 1.14. The molecule has 0 aromatic rings. The highest BCUT2D eigenvalue weighted by atomic mass is 16.6. The molecule has 0 radical (unpaired) electrons. The SMILES string of the molecule is CCCCC(=O)C(=O)OC=O. The van der Waals surface area contributed by atoms with Crippen molar-refractivity contribution in [1.82, 2.24) is 0 Å². The maximum atomic E-state index is 10.7. The van der Waals surface area contributed by atoms with E-state index in [0.29, 0.717) is 6.42 Å². The molecule has 0 bridgehead atoms. The summed E-state index contributed by atoms with van der Waals surface area (Å²) in [4.78, 5) is 30.7. The van der Waals surface area contributed by atoms with Crippen molar-refractivity contribution in [2.45, 2.75) is 26.2 Å². The maximum Gasteiger partial charge on any atom is 0.382 e. The maximum absolute atomic E-state index is 10.7. The van der Waals surface area contributed by atoms with Crippen LogP contribution in [0.1, 0.15) is 26.2 Å². The van der Waals surface area contributed by atoms with E-state index < -0.39 is 11.8 Å². The standard InChI is InChI=1S/C7H10O4/c1-2-3-4-6(9)7(10)11-5-8/h5H,2-4H2,1H3. The van der Waals surface area contributed by atoms with Crippen molar-refractivity contribution >= 4 is 18.2 Å². The second-order valence-corrected chi connectivity index (χ2v) is 2.03. The Labute approximate surface area is 64.5 Å². The molecule has 0 fully saturated rings. The van der Waals surface area contributed by atoms with Gasteiger partial charge in [0.2, 0.25) is 5.78 Å². The molecule has 0 N–H and O–H groups in total. The number of ether oxygens (including phenoxy) is 1. The number of ketones is 1. The molecule has 0 aliphatic heterocycles. The lowest BCUT2D eigenvalue weighted by atomic mass is 10.2. The molecule has 0 aliphatic rings. The summed E-state index contributed by atoms with van der Waals surface area (Å²) in [6, 6.07) is 0. The largest absolute Gasteiger partial charge is 0.390 e. The molecule has 0 aliphatic carbocycles. The minimum absolute atomic E-state index is 0.0355. The predicted molar refractivity (Wildman–Crippen MR) is 36.7 cm³/mol. The number of Topliss-reactive ketones (excluding diaryl/α,β-unsaturated/α-hetero) is 1. The van der Waals surface area contributed by atoms with E-state index in [-0.39, 0.29) is 12.9 Å². The van der Waals surface area contributed by atoms with E-state index in [1.807, 2.05) is 6.92 Å². The highest BCUT2D eigenvalue weighted by Gasteiger charge is 2.13. The van der Waals surface area contributed by atoms with Gasteiger partial charge in [-0.25, -0.2) is 4.79 Å². The third kappa shape index (κ3) is 4.25. The van der Waals surface area contributed by atoms with Crippen LogP contribution in [0.3, 0.4) is 0 Å². The molecule has 0 heterocycles. The highest BCUT2D eigenvalue weighted by Crippen LogP contribution is 1.95. The van der Waals surface area contributed by atoms with Crippen molar-refractivity contribution in [3.63, 3.8) is 0 Å². The van der Waals surface area contributed by atoms with Gasteiger partial charge in [-0.2, -0.15) is 0 Å². The molecule has 0 unspecified atom stereocenters. The van der Waals surface area contributed by atoms with Gasteiger partial charge in [-0.3, -0.25) is 9.59 Å². The minimum Gasteiger partial charge on any atom is -0.390 e. The van der Waals surface area contributed by atoms with E-state index in [4.69, 9.17) is 0 Å². The number of rotatable bonds is 5. The van der Waals surface area contributed by atoms with Crippen molar-refractivity contribution in [3.05, 3.63) is 0 Å². The average molecular weight is 158 g/mol. The number of esters is 1. The lowest BCUT2D eigenvalue weighted by molar-refractivity contribution is -0.158. The fourth-order valence-corrected chi connectivity index (χ4v) is 0.549. The zero-order valence-electron chi connectivity index (χ0n) is 6.33. The quantitative estimate of drug-likeness (QED) is 0.252. The molecule has 0 aromatic carbocycles. The van der Waals surface area contributed by atoms with Crippen molar-refractivity contribution in [1.29, 1.82) is 0 Å². The minimum atomic E-state index is -1.06. The van der Waals surface area contributed by atoms with Crippen LogP contribution in [-0.4, -0.2) is 18.2 Å². The Bertz CT molecular complexity index is 162. The van der Waals surface area contributed by atoms with Crippen molar-refractivity contribution in [2.24, 2.45) is 0 Å². The van der Waals surface area contributed by atoms with Crippen molar-refractivity contribution in [2.75, 3.05) is 0 Å². The molecule has 0 saturated carbocycles. The average Bonchev–Trinajstić information content (AvgIpc) is 2.00. The number of hydrogen-bond acceptors (Lipinski definition) is 4. The smallest absolute Gasteiger partial charge is 0.382 e. The predicted octanol–water partition coefficient (Wildman–Crippen LogP) is 0.445.